The molecule has 1 atom stereocenters. The van der Waals surface area contributed by atoms with Gasteiger partial charge in [-0.1, -0.05) is 29.8 Å². The van der Waals surface area contributed by atoms with Crippen LogP contribution in [0.25, 0.3) is 10.1 Å². The Kier molecular flexibility index (Phi) is 5.45. The highest BCUT2D eigenvalue weighted by Crippen LogP contribution is 2.34. The molecule has 1 saturated heterocycles. The third-order valence-corrected chi connectivity index (χ3v) is 5.82. The molecule has 0 aliphatic carbocycles. The fourth-order valence-electron chi connectivity index (χ4n) is 2.92. The zero-order valence-corrected chi connectivity index (χ0v) is 15.3. The lowest BCUT2D eigenvalue weighted by Crippen LogP contribution is -2.53. The van der Waals surface area contributed by atoms with Crippen LogP contribution < -0.4 is 10.6 Å². The Balaban J connectivity index is 1.62. The van der Waals surface area contributed by atoms with Gasteiger partial charge in [-0.25, -0.2) is 0 Å². The van der Waals surface area contributed by atoms with Crippen LogP contribution in [-0.4, -0.2) is 48.2 Å². The predicted octanol–water partition coefficient (Wildman–Crippen LogP) is 2.03. The number of amides is 2. The van der Waals surface area contributed by atoms with Crippen molar-refractivity contribution in [2.24, 2.45) is 0 Å². The molecule has 0 radical (unpaired) electrons. The molecule has 2 amide bonds. The van der Waals surface area contributed by atoms with Crippen LogP contribution in [0, 0.1) is 0 Å². The van der Waals surface area contributed by atoms with Crippen molar-refractivity contribution < 1.29 is 24.2 Å². The number of nitrogens with one attached hydrogen (secondary N) is 2. The van der Waals surface area contributed by atoms with Gasteiger partial charge in [0.2, 0.25) is 5.91 Å². The van der Waals surface area contributed by atoms with E-state index in [-0.39, 0.29) is 19.6 Å². The number of fused-ring (bicyclic) bond motifs is 1. The number of hydrogen-bond acceptors (Lipinski definition) is 5. The van der Waals surface area contributed by atoms with E-state index < -0.39 is 23.3 Å². The van der Waals surface area contributed by atoms with Gasteiger partial charge >= 0.3 is 5.97 Å². The quantitative estimate of drug-likeness (QED) is 0.693. The minimum atomic E-state index is -1.02. The van der Waals surface area contributed by atoms with E-state index in [0.717, 1.165) is 10.1 Å². The first kappa shape index (κ1) is 18.6. The van der Waals surface area contributed by atoms with Crippen LogP contribution >= 0.6 is 22.9 Å². The van der Waals surface area contributed by atoms with E-state index in [4.69, 9.17) is 21.4 Å². The van der Waals surface area contributed by atoms with E-state index >= 15 is 0 Å². The number of carboxylic acids is 1. The number of aliphatic carboxylic acids is 1. The molecule has 3 N–H and O–H groups in total. The van der Waals surface area contributed by atoms with Crippen molar-refractivity contribution in [3.05, 3.63) is 34.2 Å². The normalized spacial score (nSPS) is 19.4. The van der Waals surface area contributed by atoms with Gasteiger partial charge in [-0.05, 0) is 12.5 Å². The van der Waals surface area contributed by atoms with Crippen molar-refractivity contribution in [3.63, 3.8) is 0 Å². The van der Waals surface area contributed by atoms with E-state index in [9.17, 15) is 14.4 Å². The number of rotatable bonds is 6. The second kappa shape index (κ2) is 7.61. The summed E-state index contributed by atoms with van der Waals surface area (Å²) >= 11 is 7.50. The van der Waals surface area contributed by atoms with Gasteiger partial charge in [-0.15, -0.1) is 11.3 Å². The molecule has 0 bridgehead atoms. The maximum Gasteiger partial charge on any atom is 0.305 e. The molecule has 1 aromatic carbocycles. The summed E-state index contributed by atoms with van der Waals surface area (Å²) in [6.45, 7) is 0.253. The summed E-state index contributed by atoms with van der Waals surface area (Å²) in [6.07, 6.45) is 0.190. The van der Waals surface area contributed by atoms with E-state index in [1.54, 1.807) is 0 Å². The van der Waals surface area contributed by atoms with Crippen molar-refractivity contribution in [2.45, 2.75) is 18.4 Å². The van der Waals surface area contributed by atoms with Gasteiger partial charge in [0.05, 0.1) is 30.1 Å². The SMILES string of the molecule is O=C(O)CC1(NC(=O)CNC(=O)c2sc3ccccc3c2Cl)CCOC1. The van der Waals surface area contributed by atoms with Crippen LogP contribution in [0.5, 0.6) is 0 Å². The highest BCUT2D eigenvalue weighted by Gasteiger charge is 2.38. The number of hydrogen-bond donors (Lipinski definition) is 3. The topological polar surface area (TPSA) is 105 Å². The molecule has 1 aliphatic rings. The monoisotopic (exact) mass is 396 g/mol. The Morgan fingerprint density at radius 1 is 1.31 bits per heavy atom. The minimum absolute atomic E-state index is 0.140. The van der Waals surface area contributed by atoms with Gasteiger partial charge in [0.15, 0.2) is 0 Å². The molecule has 3 rings (SSSR count). The number of carbonyl (C=O) groups is 3. The number of carboxylic acid groups (broad SMARTS) is 1. The second-order valence-corrected chi connectivity index (χ2v) is 7.56. The smallest absolute Gasteiger partial charge is 0.305 e. The van der Waals surface area contributed by atoms with Crippen LogP contribution in [0.2, 0.25) is 5.02 Å². The average Bonchev–Trinajstić information content (AvgIpc) is 3.17. The Bertz CT molecular complexity index is 860. The summed E-state index contributed by atoms with van der Waals surface area (Å²) in [5, 5.41) is 15.4. The summed E-state index contributed by atoms with van der Waals surface area (Å²) in [7, 11) is 0. The average molecular weight is 397 g/mol. The van der Waals surface area contributed by atoms with E-state index in [1.807, 2.05) is 24.3 Å². The van der Waals surface area contributed by atoms with Gasteiger partial charge in [-0.3, -0.25) is 14.4 Å². The Hall–Kier alpha value is -2.16. The van der Waals surface area contributed by atoms with Crippen molar-refractivity contribution in [1.29, 1.82) is 0 Å². The van der Waals surface area contributed by atoms with Crippen LogP contribution in [-0.2, 0) is 14.3 Å². The van der Waals surface area contributed by atoms with Gasteiger partial charge in [-0.2, -0.15) is 0 Å². The lowest BCUT2D eigenvalue weighted by molar-refractivity contribution is -0.139. The zero-order valence-electron chi connectivity index (χ0n) is 13.7. The number of thiophene rings is 1. The number of ether oxygens (including phenoxy) is 1. The molecule has 1 fully saturated rings. The standard InChI is InChI=1S/C17H17ClN2O5S/c18-14-10-3-1-2-4-11(10)26-15(14)16(24)19-8-12(21)20-17(7-13(22)23)5-6-25-9-17/h1-4H,5-9H2,(H,19,24)(H,20,21)(H,22,23). The van der Waals surface area contributed by atoms with Crippen LogP contribution in [0.3, 0.4) is 0 Å². The molecular weight excluding hydrogens is 380 g/mol. The summed E-state index contributed by atoms with van der Waals surface area (Å²) in [5.41, 5.74) is -0.928. The third kappa shape index (κ3) is 3.98. The molecule has 138 valence electrons. The first-order chi connectivity index (χ1) is 12.4. The van der Waals surface area contributed by atoms with Crippen molar-refractivity contribution in [1.82, 2.24) is 10.6 Å². The molecule has 1 aliphatic heterocycles. The summed E-state index contributed by atoms with van der Waals surface area (Å²) < 4.78 is 6.11. The van der Waals surface area contributed by atoms with Crippen molar-refractivity contribution >= 4 is 50.8 Å². The Morgan fingerprint density at radius 3 is 2.73 bits per heavy atom. The summed E-state index contributed by atoms with van der Waals surface area (Å²) in [5.74, 6) is -1.93. The lowest BCUT2D eigenvalue weighted by atomic mass is 9.94. The molecule has 2 aromatic rings. The van der Waals surface area contributed by atoms with Crippen LogP contribution in [0.4, 0.5) is 0 Å². The molecule has 0 saturated carbocycles. The van der Waals surface area contributed by atoms with E-state index in [2.05, 4.69) is 10.6 Å². The summed E-state index contributed by atoms with van der Waals surface area (Å²) in [4.78, 5) is 35.9. The first-order valence-electron chi connectivity index (χ1n) is 7.96. The molecule has 0 spiro atoms. The molecule has 9 heteroatoms. The van der Waals surface area contributed by atoms with Gasteiger partial charge in [0.1, 0.15) is 4.88 Å². The van der Waals surface area contributed by atoms with Gasteiger partial charge in [0.25, 0.3) is 5.91 Å². The third-order valence-electron chi connectivity index (χ3n) is 4.15. The second-order valence-electron chi connectivity index (χ2n) is 6.13. The molecule has 26 heavy (non-hydrogen) atoms. The zero-order chi connectivity index (χ0) is 18.7. The van der Waals surface area contributed by atoms with E-state index in [0.29, 0.717) is 22.9 Å². The highest BCUT2D eigenvalue weighted by molar-refractivity contribution is 7.21. The highest BCUT2D eigenvalue weighted by atomic mass is 35.5. The molecule has 2 heterocycles. The predicted molar refractivity (Wildman–Crippen MR) is 97.7 cm³/mol. The minimum Gasteiger partial charge on any atom is -0.481 e. The largest absolute Gasteiger partial charge is 0.481 e. The first-order valence-corrected chi connectivity index (χ1v) is 9.15. The molecule has 7 nitrogen and oxygen atoms in total. The molecule has 1 unspecified atom stereocenters. The maximum atomic E-state index is 12.4. The Morgan fingerprint density at radius 2 is 2.08 bits per heavy atom. The Labute approximate surface area is 158 Å². The van der Waals surface area contributed by atoms with Crippen molar-refractivity contribution in [3.8, 4) is 0 Å². The van der Waals surface area contributed by atoms with E-state index in [1.165, 1.54) is 11.3 Å². The van der Waals surface area contributed by atoms with Gasteiger partial charge < -0.3 is 20.5 Å². The van der Waals surface area contributed by atoms with Crippen LogP contribution in [0.15, 0.2) is 24.3 Å². The van der Waals surface area contributed by atoms with Crippen molar-refractivity contribution in [2.75, 3.05) is 19.8 Å². The fraction of sp³-hybridized carbons (Fsp3) is 0.353. The molecule has 1 aromatic heterocycles. The number of benzene rings is 1. The maximum absolute atomic E-state index is 12.4. The van der Waals surface area contributed by atoms with Crippen LogP contribution in [0.1, 0.15) is 22.5 Å². The fourth-order valence-corrected chi connectivity index (χ4v) is 4.35. The number of carbonyl (C=O) groups excluding carboxylic acids is 2. The van der Waals surface area contributed by atoms with Gasteiger partial charge in [0, 0.05) is 16.7 Å². The molecular formula is C17H17ClN2O5S. The lowest BCUT2D eigenvalue weighted by Gasteiger charge is -2.27. The summed E-state index contributed by atoms with van der Waals surface area (Å²) in [6, 6.07) is 7.38. The number of halogens is 1.